The van der Waals surface area contributed by atoms with E-state index in [4.69, 9.17) is 16.4 Å². The molecular formula is C10H15ClN6O. The average Bonchev–Trinajstić information content (AvgIpc) is 2.77. The van der Waals surface area contributed by atoms with Crippen LogP contribution >= 0.6 is 11.6 Å². The lowest BCUT2D eigenvalue weighted by Gasteiger charge is -2.15. The van der Waals surface area contributed by atoms with Gasteiger partial charge >= 0.3 is 0 Å². The number of rotatable bonds is 6. The summed E-state index contributed by atoms with van der Waals surface area (Å²) in [5.41, 5.74) is 1.30. The Hall–Kier alpha value is -1.44. The Morgan fingerprint density at radius 3 is 3.11 bits per heavy atom. The summed E-state index contributed by atoms with van der Waals surface area (Å²) in [4.78, 5) is 20.4. The van der Waals surface area contributed by atoms with Crippen LogP contribution in [0, 0.1) is 0 Å². The maximum atomic E-state index is 5.82. The number of likely N-dealkylation sites (N-methyl/N-ethyl adjacent to an activating group) is 1. The standard InChI is InChI=1S/C10H15ClN6O/c1-3-18-17(2)5-4-12-8-7-9(14-6-13-7)16-10(11)15-8/h6H,3-5H2,1-2H3,(H2,12,13,14,15,16). The van der Waals surface area contributed by atoms with Crippen molar-refractivity contribution in [3.63, 3.8) is 0 Å². The van der Waals surface area contributed by atoms with Crippen LogP contribution in [0.2, 0.25) is 5.28 Å². The second-order valence-corrected chi connectivity index (χ2v) is 3.98. The van der Waals surface area contributed by atoms with Crippen molar-refractivity contribution in [1.29, 1.82) is 0 Å². The van der Waals surface area contributed by atoms with Crippen LogP contribution in [0.15, 0.2) is 6.33 Å². The van der Waals surface area contributed by atoms with Gasteiger partial charge in [0.15, 0.2) is 11.5 Å². The minimum absolute atomic E-state index is 0.176. The molecule has 0 atom stereocenters. The van der Waals surface area contributed by atoms with Crippen LogP contribution in [-0.2, 0) is 4.84 Å². The molecule has 0 saturated heterocycles. The van der Waals surface area contributed by atoms with Crippen molar-refractivity contribution in [2.75, 3.05) is 32.1 Å². The summed E-state index contributed by atoms with van der Waals surface area (Å²) < 4.78 is 0. The lowest BCUT2D eigenvalue weighted by Crippen LogP contribution is -2.25. The zero-order valence-electron chi connectivity index (χ0n) is 10.3. The number of hydrogen-bond acceptors (Lipinski definition) is 6. The molecule has 0 aliphatic rings. The van der Waals surface area contributed by atoms with Gasteiger partial charge in [-0.15, -0.1) is 0 Å². The van der Waals surface area contributed by atoms with Crippen LogP contribution in [-0.4, -0.2) is 51.7 Å². The van der Waals surface area contributed by atoms with Crippen molar-refractivity contribution in [2.24, 2.45) is 0 Å². The first kappa shape index (κ1) is 13.0. The molecule has 0 saturated carbocycles. The molecule has 2 heterocycles. The molecule has 0 aromatic carbocycles. The monoisotopic (exact) mass is 270 g/mol. The molecule has 0 aliphatic carbocycles. The number of nitrogens with zero attached hydrogens (tertiary/aromatic N) is 4. The number of aromatic nitrogens is 4. The highest BCUT2D eigenvalue weighted by molar-refractivity contribution is 6.28. The average molecular weight is 271 g/mol. The molecule has 2 aromatic rings. The summed E-state index contributed by atoms with van der Waals surface area (Å²) in [7, 11) is 1.88. The molecule has 0 spiro atoms. The summed E-state index contributed by atoms with van der Waals surface area (Å²) in [6.45, 7) is 4.01. The van der Waals surface area contributed by atoms with E-state index in [2.05, 4.69) is 25.3 Å². The number of H-pyrrole nitrogens is 1. The molecule has 0 unspecified atom stereocenters. The van der Waals surface area contributed by atoms with Gasteiger partial charge in [-0.3, -0.25) is 4.84 Å². The number of fused-ring (bicyclic) bond motifs is 1. The Bertz CT molecular complexity index is 516. The number of nitrogens with one attached hydrogen (secondary N) is 2. The summed E-state index contributed by atoms with van der Waals surface area (Å²) in [5, 5.41) is 5.12. The van der Waals surface area contributed by atoms with Gasteiger partial charge in [0, 0.05) is 20.1 Å². The largest absolute Gasteiger partial charge is 0.367 e. The SMILES string of the molecule is CCON(C)CCNc1nc(Cl)nc2nc[nH]c12. The normalized spacial score (nSPS) is 11.3. The van der Waals surface area contributed by atoms with Crippen molar-refractivity contribution >= 4 is 28.6 Å². The lowest BCUT2D eigenvalue weighted by atomic mass is 10.5. The van der Waals surface area contributed by atoms with Crippen molar-refractivity contribution in [3.05, 3.63) is 11.6 Å². The molecular weight excluding hydrogens is 256 g/mol. The van der Waals surface area contributed by atoms with Gasteiger partial charge in [-0.1, -0.05) is 0 Å². The zero-order valence-corrected chi connectivity index (χ0v) is 11.0. The minimum Gasteiger partial charge on any atom is -0.367 e. The molecule has 8 heteroatoms. The number of hydroxylamine groups is 2. The Labute approximate surface area is 109 Å². The Kier molecular flexibility index (Phi) is 4.29. The highest BCUT2D eigenvalue weighted by atomic mass is 35.5. The van der Waals surface area contributed by atoms with Crippen LogP contribution < -0.4 is 5.32 Å². The second kappa shape index (κ2) is 5.94. The van der Waals surface area contributed by atoms with Gasteiger partial charge in [0.25, 0.3) is 0 Å². The summed E-state index contributed by atoms with van der Waals surface area (Å²) >= 11 is 5.82. The van der Waals surface area contributed by atoms with E-state index in [0.717, 1.165) is 12.1 Å². The van der Waals surface area contributed by atoms with Crippen LogP contribution in [0.1, 0.15) is 6.92 Å². The van der Waals surface area contributed by atoms with E-state index in [9.17, 15) is 0 Å². The first-order valence-electron chi connectivity index (χ1n) is 5.65. The third kappa shape index (κ3) is 3.06. The van der Waals surface area contributed by atoms with E-state index in [1.807, 2.05) is 14.0 Å². The van der Waals surface area contributed by atoms with Crippen molar-refractivity contribution < 1.29 is 4.84 Å². The van der Waals surface area contributed by atoms with Gasteiger partial charge in [0.05, 0.1) is 12.9 Å². The minimum atomic E-state index is 0.176. The Balaban J connectivity index is 2.00. The van der Waals surface area contributed by atoms with E-state index in [1.165, 1.54) is 0 Å². The fraction of sp³-hybridized carbons (Fsp3) is 0.500. The van der Waals surface area contributed by atoms with Crippen LogP contribution in [0.25, 0.3) is 11.2 Å². The third-order valence-electron chi connectivity index (χ3n) is 2.33. The van der Waals surface area contributed by atoms with Gasteiger partial charge < -0.3 is 10.3 Å². The van der Waals surface area contributed by atoms with Gasteiger partial charge in [-0.05, 0) is 18.5 Å². The van der Waals surface area contributed by atoms with Gasteiger partial charge in [-0.2, -0.15) is 15.0 Å². The molecule has 0 amide bonds. The molecule has 0 aliphatic heterocycles. The Morgan fingerprint density at radius 2 is 2.33 bits per heavy atom. The number of aromatic amines is 1. The van der Waals surface area contributed by atoms with E-state index in [-0.39, 0.29) is 5.28 Å². The first-order chi connectivity index (χ1) is 8.70. The number of hydrogen-bond donors (Lipinski definition) is 2. The molecule has 2 rings (SSSR count). The van der Waals surface area contributed by atoms with Gasteiger partial charge in [-0.25, -0.2) is 4.98 Å². The van der Waals surface area contributed by atoms with Gasteiger partial charge in [0.1, 0.15) is 5.52 Å². The number of imidazole rings is 1. The fourth-order valence-corrected chi connectivity index (χ4v) is 1.72. The van der Waals surface area contributed by atoms with Crippen LogP contribution in [0.3, 0.4) is 0 Å². The molecule has 0 bridgehead atoms. The Morgan fingerprint density at radius 1 is 1.50 bits per heavy atom. The predicted octanol–water partition coefficient (Wildman–Crippen LogP) is 1.30. The predicted molar refractivity (Wildman–Crippen MR) is 69.4 cm³/mol. The zero-order chi connectivity index (χ0) is 13.0. The smallest absolute Gasteiger partial charge is 0.226 e. The van der Waals surface area contributed by atoms with E-state index >= 15 is 0 Å². The topological polar surface area (TPSA) is 79.0 Å². The molecule has 0 radical (unpaired) electrons. The quantitative estimate of drug-likeness (QED) is 0.608. The molecule has 2 aromatic heterocycles. The second-order valence-electron chi connectivity index (χ2n) is 3.64. The maximum absolute atomic E-state index is 5.82. The number of halogens is 1. The van der Waals surface area contributed by atoms with Crippen LogP contribution in [0.4, 0.5) is 5.82 Å². The van der Waals surface area contributed by atoms with Crippen molar-refractivity contribution in [1.82, 2.24) is 25.0 Å². The highest BCUT2D eigenvalue weighted by Gasteiger charge is 2.08. The summed E-state index contributed by atoms with van der Waals surface area (Å²) in [5.74, 6) is 0.646. The van der Waals surface area contributed by atoms with E-state index in [0.29, 0.717) is 24.6 Å². The van der Waals surface area contributed by atoms with E-state index < -0.39 is 0 Å². The maximum Gasteiger partial charge on any atom is 0.226 e. The molecule has 18 heavy (non-hydrogen) atoms. The summed E-state index contributed by atoms with van der Waals surface area (Å²) in [6, 6.07) is 0. The molecule has 98 valence electrons. The van der Waals surface area contributed by atoms with Crippen molar-refractivity contribution in [2.45, 2.75) is 6.92 Å². The molecule has 7 nitrogen and oxygen atoms in total. The fourth-order valence-electron chi connectivity index (χ4n) is 1.55. The van der Waals surface area contributed by atoms with Crippen molar-refractivity contribution in [3.8, 4) is 0 Å². The third-order valence-corrected chi connectivity index (χ3v) is 2.50. The number of anilines is 1. The van der Waals surface area contributed by atoms with E-state index in [1.54, 1.807) is 11.4 Å². The van der Waals surface area contributed by atoms with Crippen LogP contribution in [0.5, 0.6) is 0 Å². The lowest BCUT2D eigenvalue weighted by molar-refractivity contribution is -0.131. The molecule has 0 fully saturated rings. The highest BCUT2D eigenvalue weighted by Crippen LogP contribution is 2.18. The molecule has 2 N–H and O–H groups in total. The summed E-state index contributed by atoms with van der Waals surface area (Å²) in [6.07, 6.45) is 1.56. The first-order valence-corrected chi connectivity index (χ1v) is 6.03. The van der Waals surface area contributed by atoms with Gasteiger partial charge in [0.2, 0.25) is 5.28 Å².